The molecule has 0 bridgehead atoms. The molecule has 1 fully saturated rings. The lowest BCUT2D eigenvalue weighted by Crippen LogP contribution is -2.39. The van der Waals surface area contributed by atoms with E-state index in [1.54, 1.807) is 0 Å². The molecule has 2 rings (SSSR count). The molecular formula is C12H14ClF4N3O. The number of halogens is 5. The molecule has 4 nitrogen and oxygen atoms in total. The van der Waals surface area contributed by atoms with E-state index < -0.39 is 29.3 Å². The molecule has 1 heterocycles. The molecule has 118 valence electrons. The van der Waals surface area contributed by atoms with Crippen LogP contribution in [0.5, 0.6) is 0 Å². The third-order valence-corrected chi connectivity index (χ3v) is 2.94. The SMILES string of the molecule is Cl.O=C(Nc1cc(C(F)(F)F)ccc1F)N[C@@H]1CCNC1. The van der Waals surface area contributed by atoms with E-state index >= 15 is 0 Å². The minimum absolute atomic E-state index is 0. The highest BCUT2D eigenvalue weighted by Gasteiger charge is 2.31. The van der Waals surface area contributed by atoms with E-state index in [2.05, 4.69) is 16.0 Å². The second-order valence-electron chi connectivity index (χ2n) is 4.48. The Labute approximate surface area is 124 Å². The van der Waals surface area contributed by atoms with Crippen LogP contribution in [0.1, 0.15) is 12.0 Å². The van der Waals surface area contributed by atoms with Crippen LogP contribution < -0.4 is 16.0 Å². The van der Waals surface area contributed by atoms with Crippen molar-refractivity contribution < 1.29 is 22.4 Å². The lowest BCUT2D eigenvalue weighted by Gasteiger charge is -2.14. The van der Waals surface area contributed by atoms with Crippen LogP contribution >= 0.6 is 12.4 Å². The number of nitrogens with one attached hydrogen (secondary N) is 3. The van der Waals surface area contributed by atoms with Crippen molar-refractivity contribution in [3.05, 3.63) is 29.6 Å². The van der Waals surface area contributed by atoms with Crippen molar-refractivity contribution in [1.29, 1.82) is 0 Å². The molecule has 9 heteroatoms. The van der Waals surface area contributed by atoms with Crippen molar-refractivity contribution in [3.8, 4) is 0 Å². The number of hydrogen-bond donors (Lipinski definition) is 3. The summed E-state index contributed by atoms with van der Waals surface area (Å²) in [6.45, 7) is 1.33. The number of benzene rings is 1. The van der Waals surface area contributed by atoms with Crippen LogP contribution in [-0.4, -0.2) is 25.2 Å². The summed E-state index contributed by atoms with van der Waals surface area (Å²) in [6, 6.07) is 1.04. The number of carbonyl (C=O) groups excluding carboxylic acids is 1. The molecule has 1 aromatic carbocycles. The largest absolute Gasteiger partial charge is 0.416 e. The Morgan fingerprint density at radius 2 is 2.05 bits per heavy atom. The van der Waals surface area contributed by atoms with E-state index in [1.807, 2.05) is 0 Å². The minimum atomic E-state index is -4.59. The molecule has 0 aromatic heterocycles. The molecule has 1 atom stereocenters. The maximum absolute atomic E-state index is 13.4. The van der Waals surface area contributed by atoms with Crippen molar-refractivity contribution >= 4 is 24.1 Å². The molecule has 2 amide bonds. The monoisotopic (exact) mass is 327 g/mol. The predicted octanol–water partition coefficient (Wildman–Crippen LogP) is 2.75. The van der Waals surface area contributed by atoms with Gasteiger partial charge in [0.1, 0.15) is 5.82 Å². The fraction of sp³-hybridized carbons (Fsp3) is 0.417. The van der Waals surface area contributed by atoms with Gasteiger partial charge in [-0.1, -0.05) is 0 Å². The second-order valence-corrected chi connectivity index (χ2v) is 4.48. The molecule has 0 radical (unpaired) electrons. The maximum Gasteiger partial charge on any atom is 0.416 e. The number of urea groups is 1. The zero-order valence-electron chi connectivity index (χ0n) is 10.8. The Bertz CT molecular complexity index is 504. The summed E-state index contributed by atoms with van der Waals surface area (Å²) in [5.41, 5.74) is -1.51. The number of amides is 2. The predicted molar refractivity (Wildman–Crippen MR) is 72.1 cm³/mol. The van der Waals surface area contributed by atoms with E-state index in [0.717, 1.165) is 13.0 Å². The van der Waals surface area contributed by atoms with Gasteiger partial charge in [-0.15, -0.1) is 12.4 Å². The third-order valence-electron chi connectivity index (χ3n) is 2.94. The highest BCUT2D eigenvalue weighted by atomic mass is 35.5. The first-order valence-corrected chi connectivity index (χ1v) is 6.01. The first-order chi connectivity index (χ1) is 9.36. The summed E-state index contributed by atoms with van der Waals surface area (Å²) in [6.07, 6.45) is -3.87. The quantitative estimate of drug-likeness (QED) is 0.732. The number of hydrogen-bond acceptors (Lipinski definition) is 2. The summed E-state index contributed by atoms with van der Waals surface area (Å²) in [5, 5.41) is 7.67. The van der Waals surface area contributed by atoms with E-state index in [0.29, 0.717) is 24.7 Å². The average molecular weight is 328 g/mol. The second kappa shape index (κ2) is 6.95. The van der Waals surface area contributed by atoms with Crippen molar-refractivity contribution in [3.63, 3.8) is 0 Å². The van der Waals surface area contributed by atoms with Gasteiger partial charge in [-0.25, -0.2) is 9.18 Å². The molecule has 1 aliphatic heterocycles. The molecule has 0 saturated carbocycles. The zero-order chi connectivity index (χ0) is 14.8. The Morgan fingerprint density at radius 3 is 2.62 bits per heavy atom. The molecule has 0 unspecified atom stereocenters. The summed E-state index contributed by atoms with van der Waals surface area (Å²) >= 11 is 0. The lowest BCUT2D eigenvalue weighted by atomic mass is 10.2. The van der Waals surface area contributed by atoms with Gasteiger partial charge >= 0.3 is 12.2 Å². The Kier molecular flexibility index (Phi) is 5.79. The van der Waals surface area contributed by atoms with Crippen LogP contribution in [0.15, 0.2) is 18.2 Å². The Balaban J connectivity index is 0.00000220. The molecule has 1 aromatic rings. The van der Waals surface area contributed by atoms with Gasteiger partial charge < -0.3 is 16.0 Å². The molecule has 3 N–H and O–H groups in total. The van der Waals surface area contributed by atoms with Crippen molar-refractivity contribution in [1.82, 2.24) is 10.6 Å². The lowest BCUT2D eigenvalue weighted by molar-refractivity contribution is -0.137. The molecule has 1 saturated heterocycles. The fourth-order valence-electron chi connectivity index (χ4n) is 1.92. The van der Waals surface area contributed by atoms with E-state index in [9.17, 15) is 22.4 Å². The van der Waals surface area contributed by atoms with Gasteiger partial charge in [-0.3, -0.25) is 0 Å². The van der Waals surface area contributed by atoms with Gasteiger partial charge in [0.05, 0.1) is 11.3 Å². The van der Waals surface area contributed by atoms with Crippen molar-refractivity contribution in [2.75, 3.05) is 18.4 Å². The summed E-state index contributed by atoms with van der Waals surface area (Å²) < 4.78 is 50.9. The van der Waals surface area contributed by atoms with Crippen LogP contribution in [0.2, 0.25) is 0 Å². The fourth-order valence-corrected chi connectivity index (χ4v) is 1.92. The van der Waals surface area contributed by atoms with E-state index in [4.69, 9.17) is 0 Å². The molecule has 0 spiro atoms. The van der Waals surface area contributed by atoms with Crippen molar-refractivity contribution in [2.45, 2.75) is 18.6 Å². The molecule has 0 aliphatic carbocycles. The Hall–Kier alpha value is -1.54. The van der Waals surface area contributed by atoms with Crippen LogP contribution in [0, 0.1) is 5.82 Å². The minimum Gasteiger partial charge on any atom is -0.334 e. The Morgan fingerprint density at radius 1 is 1.33 bits per heavy atom. The number of alkyl halides is 3. The summed E-state index contributed by atoms with van der Waals surface area (Å²) in [4.78, 5) is 11.6. The smallest absolute Gasteiger partial charge is 0.334 e. The number of rotatable bonds is 2. The van der Waals surface area contributed by atoms with Crippen molar-refractivity contribution in [2.24, 2.45) is 0 Å². The van der Waals surface area contributed by atoms with E-state index in [-0.39, 0.29) is 18.4 Å². The van der Waals surface area contributed by atoms with Crippen LogP contribution in [0.3, 0.4) is 0 Å². The highest BCUT2D eigenvalue weighted by Crippen LogP contribution is 2.31. The summed E-state index contributed by atoms with van der Waals surface area (Å²) in [5.74, 6) is -0.919. The van der Waals surface area contributed by atoms with Crippen LogP contribution in [0.25, 0.3) is 0 Å². The van der Waals surface area contributed by atoms with Crippen LogP contribution in [-0.2, 0) is 6.18 Å². The third kappa shape index (κ3) is 4.75. The van der Waals surface area contributed by atoms with Gasteiger partial charge in [0.2, 0.25) is 0 Å². The van der Waals surface area contributed by atoms with Gasteiger partial charge in [-0.2, -0.15) is 13.2 Å². The standard InChI is InChI=1S/C12H13F4N3O.ClH/c13-9-2-1-7(12(14,15)16)5-10(9)19-11(20)18-8-3-4-17-6-8;/h1-2,5,8,17H,3-4,6H2,(H2,18,19,20);1H/t8-;/m1./s1. The molecular weight excluding hydrogens is 314 g/mol. The first-order valence-electron chi connectivity index (χ1n) is 6.01. The average Bonchev–Trinajstić information content (AvgIpc) is 2.83. The first kappa shape index (κ1) is 17.5. The van der Waals surface area contributed by atoms with Gasteiger partial charge in [0.15, 0.2) is 0 Å². The van der Waals surface area contributed by atoms with Gasteiger partial charge in [0, 0.05) is 12.6 Å². The zero-order valence-corrected chi connectivity index (χ0v) is 11.6. The number of anilines is 1. The van der Waals surface area contributed by atoms with Gasteiger partial charge in [0.25, 0.3) is 0 Å². The topological polar surface area (TPSA) is 53.2 Å². The molecule has 1 aliphatic rings. The summed E-state index contributed by atoms with van der Waals surface area (Å²) in [7, 11) is 0. The van der Waals surface area contributed by atoms with Gasteiger partial charge in [-0.05, 0) is 31.2 Å². The normalized spacial score (nSPS) is 18.0. The molecule has 21 heavy (non-hydrogen) atoms. The number of carbonyl (C=O) groups is 1. The van der Waals surface area contributed by atoms with E-state index in [1.165, 1.54) is 0 Å². The maximum atomic E-state index is 13.4. The highest BCUT2D eigenvalue weighted by molar-refractivity contribution is 5.89. The van der Waals surface area contributed by atoms with Crippen LogP contribution in [0.4, 0.5) is 28.0 Å².